The summed E-state index contributed by atoms with van der Waals surface area (Å²) in [6, 6.07) is 6.26. The van der Waals surface area contributed by atoms with Crippen molar-refractivity contribution in [1.82, 2.24) is 9.55 Å². The van der Waals surface area contributed by atoms with Crippen LogP contribution in [0.1, 0.15) is 0 Å². The molecular formula is C12H12N4O3. The quantitative estimate of drug-likeness (QED) is 0.850. The average molecular weight is 260 g/mol. The number of primary amides is 1. The molecular weight excluding hydrogens is 248 g/mol. The highest BCUT2D eigenvalue weighted by Crippen LogP contribution is 2.15. The van der Waals surface area contributed by atoms with Crippen molar-refractivity contribution in [2.75, 3.05) is 11.9 Å². The van der Waals surface area contributed by atoms with Gasteiger partial charge in [0, 0.05) is 18.1 Å². The van der Waals surface area contributed by atoms with Crippen molar-refractivity contribution in [3.8, 4) is 5.75 Å². The summed E-state index contributed by atoms with van der Waals surface area (Å²) >= 11 is 0. The highest BCUT2D eigenvalue weighted by Gasteiger charge is 2.04. The van der Waals surface area contributed by atoms with Crippen molar-refractivity contribution in [2.24, 2.45) is 5.73 Å². The van der Waals surface area contributed by atoms with Crippen LogP contribution in [0.4, 0.5) is 10.5 Å². The van der Waals surface area contributed by atoms with E-state index in [4.69, 9.17) is 10.5 Å². The third-order valence-corrected chi connectivity index (χ3v) is 2.23. The Morgan fingerprint density at radius 1 is 1.32 bits per heavy atom. The van der Waals surface area contributed by atoms with Gasteiger partial charge in [0.15, 0.2) is 6.61 Å². The van der Waals surface area contributed by atoms with Gasteiger partial charge in [-0.15, -0.1) is 0 Å². The molecule has 2 rings (SSSR count). The van der Waals surface area contributed by atoms with Crippen LogP contribution >= 0.6 is 0 Å². The number of anilines is 1. The van der Waals surface area contributed by atoms with Crippen LogP contribution in [0, 0.1) is 0 Å². The molecule has 7 heteroatoms. The van der Waals surface area contributed by atoms with E-state index in [0.717, 1.165) is 0 Å². The zero-order valence-electron chi connectivity index (χ0n) is 9.95. The molecule has 0 aliphatic carbocycles. The van der Waals surface area contributed by atoms with Crippen LogP contribution in [0.3, 0.4) is 0 Å². The van der Waals surface area contributed by atoms with Crippen molar-refractivity contribution >= 4 is 17.6 Å². The van der Waals surface area contributed by atoms with Crippen molar-refractivity contribution in [2.45, 2.75) is 0 Å². The number of hydrogen-bond donors (Lipinski definition) is 2. The predicted octanol–water partition coefficient (Wildman–Crippen LogP) is 0.827. The summed E-state index contributed by atoms with van der Waals surface area (Å²) < 4.78 is 6.41. The number of carbonyl (C=O) groups excluding carboxylic acids is 2. The van der Waals surface area contributed by atoms with Crippen molar-refractivity contribution < 1.29 is 14.3 Å². The maximum atomic E-state index is 11.7. The first kappa shape index (κ1) is 12.6. The smallest absolute Gasteiger partial charge is 0.331 e. The highest BCUT2D eigenvalue weighted by atomic mass is 16.5. The maximum absolute atomic E-state index is 11.7. The van der Waals surface area contributed by atoms with Crippen LogP contribution in [0.5, 0.6) is 5.75 Å². The summed E-state index contributed by atoms with van der Waals surface area (Å²) in [7, 11) is 0. The first-order valence-electron chi connectivity index (χ1n) is 5.45. The lowest BCUT2D eigenvalue weighted by molar-refractivity contribution is -0.119. The SMILES string of the molecule is NC(=O)COc1ccc(NC(=O)n2ccnc2)cc1. The van der Waals surface area contributed by atoms with E-state index in [1.165, 1.54) is 17.1 Å². The third kappa shape index (κ3) is 3.56. The zero-order valence-corrected chi connectivity index (χ0v) is 9.95. The largest absolute Gasteiger partial charge is 0.484 e. The van der Waals surface area contributed by atoms with Gasteiger partial charge in [0.25, 0.3) is 5.91 Å². The molecule has 0 fully saturated rings. The molecule has 1 aromatic carbocycles. The van der Waals surface area contributed by atoms with E-state index in [-0.39, 0.29) is 12.6 Å². The molecule has 0 spiro atoms. The molecule has 0 saturated carbocycles. The van der Waals surface area contributed by atoms with Crippen LogP contribution in [-0.4, -0.2) is 28.1 Å². The fourth-order valence-corrected chi connectivity index (χ4v) is 1.36. The van der Waals surface area contributed by atoms with Crippen LogP contribution < -0.4 is 15.8 Å². The Balaban J connectivity index is 1.95. The molecule has 19 heavy (non-hydrogen) atoms. The number of nitrogens with one attached hydrogen (secondary N) is 1. The van der Waals surface area contributed by atoms with Gasteiger partial charge in [0.1, 0.15) is 12.1 Å². The molecule has 0 unspecified atom stereocenters. The lowest BCUT2D eigenvalue weighted by atomic mass is 10.3. The normalized spacial score (nSPS) is 9.89. The lowest BCUT2D eigenvalue weighted by Gasteiger charge is -2.07. The molecule has 3 N–H and O–H groups in total. The van der Waals surface area contributed by atoms with Crippen LogP contribution in [0.2, 0.25) is 0 Å². The predicted molar refractivity (Wildman–Crippen MR) is 67.8 cm³/mol. The van der Waals surface area contributed by atoms with Gasteiger partial charge in [-0.25, -0.2) is 9.78 Å². The Bertz CT molecular complexity index is 563. The molecule has 0 saturated heterocycles. The summed E-state index contributed by atoms with van der Waals surface area (Å²) in [5, 5.41) is 2.67. The lowest BCUT2D eigenvalue weighted by Crippen LogP contribution is -2.20. The van der Waals surface area contributed by atoms with Crippen molar-refractivity contribution in [1.29, 1.82) is 0 Å². The van der Waals surface area contributed by atoms with E-state index in [2.05, 4.69) is 10.3 Å². The number of nitrogens with two attached hydrogens (primary N) is 1. The monoisotopic (exact) mass is 260 g/mol. The number of carbonyl (C=O) groups is 2. The third-order valence-electron chi connectivity index (χ3n) is 2.23. The Hall–Kier alpha value is -2.83. The number of hydrogen-bond acceptors (Lipinski definition) is 4. The maximum Gasteiger partial charge on any atom is 0.331 e. The second-order valence-electron chi connectivity index (χ2n) is 3.68. The minimum absolute atomic E-state index is 0.180. The fourth-order valence-electron chi connectivity index (χ4n) is 1.36. The molecule has 7 nitrogen and oxygen atoms in total. The van der Waals surface area contributed by atoms with E-state index < -0.39 is 5.91 Å². The number of aromatic nitrogens is 2. The zero-order chi connectivity index (χ0) is 13.7. The molecule has 0 aliphatic rings. The second kappa shape index (κ2) is 5.67. The van der Waals surface area contributed by atoms with Gasteiger partial charge >= 0.3 is 6.03 Å². The Kier molecular flexibility index (Phi) is 3.77. The summed E-state index contributed by atoms with van der Waals surface area (Å²) in [6.07, 6.45) is 4.46. The topological polar surface area (TPSA) is 99.2 Å². The van der Waals surface area contributed by atoms with Crippen LogP contribution in [-0.2, 0) is 4.79 Å². The van der Waals surface area contributed by atoms with Gasteiger partial charge in [0.05, 0.1) is 0 Å². The van der Waals surface area contributed by atoms with Crippen LogP contribution in [0.15, 0.2) is 43.0 Å². The minimum atomic E-state index is -0.544. The average Bonchev–Trinajstić information content (AvgIpc) is 2.92. The molecule has 0 bridgehead atoms. The van der Waals surface area contributed by atoms with Crippen molar-refractivity contribution in [3.05, 3.63) is 43.0 Å². The Morgan fingerprint density at radius 2 is 2.05 bits per heavy atom. The molecule has 1 heterocycles. The molecule has 2 aromatic rings. The number of benzene rings is 1. The van der Waals surface area contributed by atoms with E-state index in [9.17, 15) is 9.59 Å². The van der Waals surface area contributed by atoms with E-state index in [0.29, 0.717) is 11.4 Å². The van der Waals surface area contributed by atoms with Gasteiger partial charge in [-0.1, -0.05) is 0 Å². The number of ether oxygens (including phenoxy) is 1. The minimum Gasteiger partial charge on any atom is -0.484 e. The second-order valence-corrected chi connectivity index (χ2v) is 3.68. The Morgan fingerprint density at radius 3 is 2.63 bits per heavy atom. The molecule has 2 amide bonds. The van der Waals surface area contributed by atoms with Crippen LogP contribution in [0.25, 0.3) is 0 Å². The van der Waals surface area contributed by atoms with E-state index >= 15 is 0 Å². The van der Waals surface area contributed by atoms with Gasteiger partial charge in [-0.05, 0) is 24.3 Å². The summed E-state index contributed by atoms with van der Waals surface area (Å²) in [5.41, 5.74) is 5.56. The van der Waals surface area contributed by atoms with Gasteiger partial charge in [0.2, 0.25) is 0 Å². The standard InChI is InChI=1S/C12H12N4O3/c13-11(17)7-19-10-3-1-9(2-4-10)15-12(18)16-6-5-14-8-16/h1-6,8H,7H2,(H2,13,17)(H,15,18). The van der Waals surface area contributed by atoms with Crippen molar-refractivity contribution in [3.63, 3.8) is 0 Å². The summed E-state index contributed by atoms with van der Waals surface area (Å²) in [5.74, 6) is -0.0445. The summed E-state index contributed by atoms with van der Waals surface area (Å²) in [6.45, 7) is -0.180. The Labute approximate surface area is 109 Å². The van der Waals surface area contributed by atoms with Gasteiger partial charge in [-0.3, -0.25) is 9.36 Å². The molecule has 98 valence electrons. The number of rotatable bonds is 4. The fraction of sp³-hybridized carbons (Fsp3) is 0.0833. The molecule has 0 radical (unpaired) electrons. The molecule has 1 aromatic heterocycles. The highest BCUT2D eigenvalue weighted by molar-refractivity contribution is 5.90. The summed E-state index contributed by atoms with van der Waals surface area (Å²) in [4.78, 5) is 26.0. The van der Waals surface area contributed by atoms with E-state index in [1.807, 2.05) is 0 Å². The number of imidazole rings is 1. The molecule has 0 aliphatic heterocycles. The first-order valence-corrected chi connectivity index (χ1v) is 5.45. The number of amides is 2. The van der Waals surface area contributed by atoms with Gasteiger partial charge in [-0.2, -0.15) is 0 Å². The molecule has 0 atom stereocenters. The van der Waals surface area contributed by atoms with Gasteiger partial charge < -0.3 is 15.8 Å². The van der Waals surface area contributed by atoms with E-state index in [1.54, 1.807) is 30.5 Å². The first-order chi connectivity index (χ1) is 9.15. The number of nitrogens with zero attached hydrogens (tertiary/aromatic N) is 2.